The lowest BCUT2D eigenvalue weighted by Gasteiger charge is -2.21. The van der Waals surface area contributed by atoms with Gasteiger partial charge in [-0.05, 0) is 41.3 Å². The number of nitrogens with one attached hydrogen (secondary N) is 1. The number of hydrogen-bond donors (Lipinski definition) is 1. The van der Waals surface area contributed by atoms with E-state index in [0.717, 1.165) is 11.3 Å². The van der Waals surface area contributed by atoms with Gasteiger partial charge in [-0.25, -0.2) is 0 Å². The molecule has 0 aliphatic carbocycles. The fourth-order valence-corrected chi connectivity index (χ4v) is 3.11. The molecule has 3 rings (SSSR count). The monoisotopic (exact) mass is 354 g/mol. The van der Waals surface area contributed by atoms with Crippen LogP contribution in [0.25, 0.3) is 0 Å². The third-order valence-electron chi connectivity index (χ3n) is 3.80. The van der Waals surface area contributed by atoms with Gasteiger partial charge in [-0.1, -0.05) is 12.1 Å². The van der Waals surface area contributed by atoms with Gasteiger partial charge in [0.2, 0.25) is 0 Å². The minimum atomic E-state index is -0.131. The fraction of sp³-hybridized carbons (Fsp3) is 0.158. The molecule has 1 aromatic carbocycles. The smallest absolute Gasteiger partial charge is 0.255 e. The molecule has 0 atom stereocenters. The van der Waals surface area contributed by atoms with Gasteiger partial charge in [-0.15, -0.1) is 0 Å². The molecule has 2 amide bonds. The average Bonchev–Trinajstić information content (AvgIpc) is 3.34. The molecule has 0 saturated heterocycles. The van der Waals surface area contributed by atoms with Crippen LogP contribution < -0.4 is 5.32 Å². The zero-order valence-electron chi connectivity index (χ0n) is 13.8. The fourth-order valence-electron chi connectivity index (χ4n) is 2.49. The maximum absolute atomic E-state index is 12.8. The lowest BCUT2D eigenvalue weighted by molar-refractivity contribution is 0.0718. The summed E-state index contributed by atoms with van der Waals surface area (Å²) in [5.41, 5.74) is 2.20. The third-order valence-corrected chi connectivity index (χ3v) is 4.48. The van der Waals surface area contributed by atoms with E-state index in [-0.39, 0.29) is 11.8 Å². The molecule has 0 fully saturated rings. The van der Waals surface area contributed by atoms with Crippen LogP contribution in [0.15, 0.2) is 63.9 Å². The van der Waals surface area contributed by atoms with E-state index in [9.17, 15) is 9.59 Å². The van der Waals surface area contributed by atoms with Crippen molar-refractivity contribution in [3.8, 4) is 0 Å². The van der Waals surface area contributed by atoms with Crippen molar-refractivity contribution >= 4 is 23.2 Å². The molecule has 25 heavy (non-hydrogen) atoms. The number of carbonyl (C=O) groups is 2. The van der Waals surface area contributed by atoms with Gasteiger partial charge in [0.1, 0.15) is 5.76 Å². The van der Waals surface area contributed by atoms with E-state index in [4.69, 9.17) is 4.42 Å². The second-order valence-corrected chi connectivity index (χ2v) is 6.31. The Balaban J connectivity index is 1.79. The summed E-state index contributed by atoms with van der Waals surface area (Å²) in [6.45, 7) is 0.822. The van der Waals surface area contributed by atoms with Crippen molar-refractivity contribution in [1.82, 2.24) is 10.2 Å². The van der Waals surface area contributed by atoms with E-state index in [1.165, 1.54) is 11.3 Å². The van der Waals surface area contributed by atoms with Crippen LogP contribution in [0, 0.1) is 0 Å². The summed E-state index contributed by atoms with van der Waals surface area (Å²) in [7, 11) is 1.60. The average molecular weight is 354 g/mol. The molecule has 2 heterocycles. The van der Waals surface area contributed by atoms with Crippen molar-refractivity contribution in [2.75, 3.05) is 7.05 Å². The number of carbonyl (C=O) groups excluding carboxylic acids is 2. The Kier molecular flexibility index (Phi) is 5.30. The maximum atomic E-state index is 12.8. The Bertz CT molecular complexity index is 824. The number of nitrogens with zero attached hydrogens (tertiary/aromatic N) is 1. The number of rotatable bonds is 6. The zero-order valence-corrected chi connectivity index (χ0v) is 14.6. The number of amides is 2. The molecule has 3 aromatic rings. The lowest BCUT2D eigenvalue weighted by atomic mass is 10.1. The molecule has 0 spiro atoms. The van der Waals surface area contributed by atoms with Crippen molar-refractivity contribution in [1.29, 1.82) is 0 Å². The molecule has 0 aliphatic rings. The summed E-state index contributed by atoms with van der Waals surface area (Å²) in [5, 5.41) is 6.32. The summed E-state index contributed by atoms with van der Waals surface area (Å²) in [5.74, 6) is 0.548. The molecule has 128 valence electrons. The van der Waals surface area contributed by atoms with Crippen LogP contribution in [0.3, 0.4) is 0 Å². The zero-order chi connectivity index (χ0) is 17.6. The molecular formula is C19H18N2O3S. The highest BCUT2D eigenvalue weighted by atomic mass is 32.1. The van der Waals surface area contributed by atoms with Crippen molar-refractivity contribution in [3.05, 3.63) is 81.9 Å². The molecule has 1 N–H and O–H groups in total. The normalized spacial score (nSPS) is 10.4. The van der Waals surface area contributed by atoms with E-state index in [0.29, 0.717) is 24.2 Å². The maximum Gasteiger partial charge on any atom is 0.255 e. The molecule has 5 nitrogen and oxygen atoms in total. The topological polar surface area (TPSA) is 62.6 Å². The Labute approximate surface area is 149 Å². The Hall–Kier alpha value is -2.86. The van der Waals surface area contributed by atoms with Crippen LogP contribution in [-0.2, 0) is 13.1 Å². The summed E-state index contributed by atoms with van der Waals surface area (Å²) in [6.07, 6.45) is 1.60. The predicted molar refractivity (Wildman–Crippen MR) is 96.4 cm³/mol. The molecule has 0 bridgehead atoms. The second-order valence-electron chi connectivity index (χ2n) is 5.53. The van der Waals surface area contributed by atoms with Gasteiger partial charge in [-0.2, -0.15) is 11.3 Å². The van der Waals surface area contributed by atoms with E-state index in [2.05, 4.69) is 5.32 Å². The third kappa shape index (κ3) is 4.16. The minimum absolute atomic E-state index is 0.0481. The van der Waals surface area contributed by atoms with Crippen LogP contribution in [0.2, 0.25) is 0 Å². The van der Waals surface area contributed by atoms with Crippen molar-refractivity contribution in [2.45, 2.75) is 13.1 Å². The quantitative estimate of drug-likeness (QED) is 0.736. The number of furan rings is 1. The highest BCUT2D eigenvalue weighted by Gasteiger charge is 2.18. The Morgan fingerprint density at radius 2 is 1.88 bits per heavy atom. The number of benzene rings is 1. The van der Waals surface area contributed by atoms with Crippen LogP contribution >= 0.6 is 11.3 Å². The summed E-state index contributed by atoms with van der Waals surface area (Å²) >= 11 is 1.49. The number of thiophene rings is 1. The van der Waals surface area contributed by atoms with Gasteiger partial charge in [-0.3, -0.25) is 9.59 Å². The number of hydrogen-bond acceptors (Lipinski definition) is 4. The molecule has 6 heteroatoms. The second kappa shape index (κ2) is 7.81. The Morgan fingerprint density at radius 3 is 2.48 bits per heavy atom. The van der Waals surface area contributed by atoms with Gasteiger partial charge in [0, 0.05) is 24.5 Å². The Morgan fingerprint density at radius 1 is 1.08 bits per heavy atom. The first kappa shape index (κ1) is 17.0. The molecule has 0 unspecified atom stereocenters. The first-order valence-electron chi connectivity index (χ1n) is 7.82. The van der Waals surface area contributed by atoms with Gasteiger partial charge < -0.3 is 14.6 Å². The molecule has 2 aromatic heterocycles. The highest BCUT2D eigenvalue weighted by Crippen LogP contribution is 2.17. The van der Waals surface area contributed by atoms with Crippen LogP contribution in [0.1, 0.15) is 32.0 Å². The van der Waals surface area contributed by atoms with Crippen molar-refractivity contribution in [3.63, 3.8) is 0 Å². The van der Waals surface area contributed by atoms with Crippen LogP contribution in [0.5, 0.6) is 0 Å². The minimum Gasteiger partial charge on any atom is -0.467 e. The van der Waals surface area contributed by atoms with Gasteiger partial charge in [0.05, 0.1) is 18.4 Å². The molecule has 0 aliphatic heterocycles. The largest absolute Gasteiger partial charge is 0.467 e. The van der Waals surface area contributed by atoms with E-state index in [1.807, 2.05) is 35.0 Å². The van der Waals surface area contributed by atoms with Crippen molar-refractivity contribution in [2.24, 2.45) is 0 Å². The van der Waals surface area contributed by atoms with Gasteiger partial charge in [0.25, 0.3) is 11.8 Å². The van der Waals surface area contributed by atoms with Gasteiger partial charge >= 0.3 is 0 Å². The SMILES string of the molecule is CNC(=O)c1ccc(CN(Cc2ccco2)C(=O)c2ccsc2)cc1. The van der Waals surface area contributed by atoms with E-state index < -0.39 is 0 Å². The summed E-state index contributed by atoms with van der Waals surface area (Å²) in [4.78, 5) is 26.2. The first-order chi connectivity index (χ1) is 12.2. The summed E-state index contributed by atoms with van der Waals surface area (Å²) < 4.78 is 5.39. The predicted octanol–water partition coefficient (Wildman–Crippen LogP) is 3.54. The van der Waals surface area contributed by atoms with E-state index >= 15 is 0 Å². The summed E-state index contributed by atoms with van der Waals surface area (Å²) in [6, 6.07) is 12.7. The molecule has 0 radical (unpaired) electrons. The highest BCUT2D eigenvalue weighted by molar-refractivity contribution is 7.08. The van der Waals surface area contributed by atoms with Crippen LogP contribution in [-0.4, -0.2) is 23.8 Å². The van der Waals surface area contributed by atoms with Crippen molar-refractivity contribution < 1.29 is 14.0 Å². The standard InChI is InChI=1S/C19H18N2O3S/c1-20-18(22)15-6-4-14(5-7-15)11-21(12-17-3-2-9-24-17)19(23)16-8-10-25-13-16/h2-10,13H,11-12H2,1H3,(H,20,22). The van der Waals surface area contributed by atoms with Crippen LogP contribution in [0.4, 0.5) is 0 Å². The molecule has 0 saturated carbocycles. The lowest BCUT2D eigenvalue weighted by Crippen LogP contribution is -2.29. The van der Waals surface area contributed by atoms with E-state index in [1.54, 1.807) is 36.4 Å². The molecular weight excluding hydrogens is 336 g/mol. The van der Waals surface area contributed by atoms with Gasteiger partial charge in [0.15, 0.2) is 0 Å². The first-order valence-corrected chi connectivity index (χ1v) is 8.76.